The highest BCUT2D eigenvalue weighted by Crippen LogP contribution is 2.45. The predicted octanol–water partition coefficient (Wildman–Crippen LogP) is 3.69. The summed E-state index contributed by atoms with van der Waals surface area (Å²) in [5, 5.41) is 0. The van der Waals surface area contributed by atoms with Crippen molar-refractivity contribution in [2.75, 3.05) is 33.8 Å². The van der Waals surface area contributed by atoms with E-state index in [-0.39, 0.29) is 5.91 Å². The van der Waals surface area contributed by atoms with Crippen LogP contribution in [-0.2, 0) is 0 Å². The first kappa shape index (κ1) is 19.2. The molecule has 152 valence electrons. The molecule has 2 heterocycles. The predicted molar refractivity (Wildman–Crippen MR) is 111 cm³/mol. The van der Waals surface area contributed by atoms with Gasteiger partial charge in [0.1, 0.15) is 0 Å². The number of aromatic nitrogens is 2. The number of likely N-dealkylation sites (tertiary alicyclic amines) is 1. The van der Waals surface area contributed by atoms with Crippen LogP contribution in [0.5, 0.6) is 6.01 Å². The van der Waals surface area contributed by atoms with Crippen molar-refractivity contribution in [2.45, 2.75) is 51.5 Å². The van der Waals surface area contributed by atoms with Gasteiger partial charge in [-0.1, -0.05) is 0 Å². The third-order valence-corrected chi connectivity index (χ3v) is 6.85. The number of nitrogens with one attached hydrogen (secondary N) is 1. The number of ether oxygens (including phenoxy) is 1. The molecule has 1 amide bonds. The third kappa shape index (κ3) is 3.75. The Morgan fingerprint density at radius 3 is 2.61 bits per heavy atom. The van der Waals surface area contributed by atoms with Gasteiger partial charge >= 0.3 is 0 Å². The quantitative estimate of drug-likeness (QED) is 0.873. The maximum absolute atomic E-state index is 13.0. The van der Waals surface area contributed by atoms with Gasteiger partial charge in [-0.15, -0.1) is 0 Å². The van der Waals surface area contributed by atoms with Gasteiger partial charge in [-0.05, 0) is 83.2 Å². The molecule has 1 aliphatic heterocycles. The summed E-state index contributed by atoms with van der Waals surface area (Å²) in [6.45, 7) is 4.24. The topological polar surface area (TPSA) is 61.5 Å². The lowest BCUT2D eigenvalue weighted by Crippen LogP contribution is -2.46. The summed E-state index contributed by atoms with van der Waals surface area (Å²) >= 11 is 0. The Balaban J connectivity index is 1.39. The number of carbonyl (C=O) groups is 1. The van der Waals surface area contributed by atoms with E-state index in [1.807, 2.05) is 30.0 Å². The second-order valence-corrected chi connectivity index (χ2v) is 8.69. The zero-order valence-electron chi connectivity index (χ0n) is 17.3. The number of nitrogens with zero attached hydrogens (tertiary/aromatic N) is 3. The van der Waals surface area contributed by atoms with Crippen LogP contribution in [0.4, 0.5) is 0 Å². The number of hydrogen-bond donors (Lipinski definition) is 1. The van der Waals surface area contributed by atoms with Gasteiger partial charge in [-0.25, -0.2) is 0 Å². The first-order valence-electron chi connectivity index (χ1n) is 10.6. The number of amides is 1. The van der Waals surface area contributed by atoms with Crippen LogP contribution in [0.25, 0.3) is 11.0 Å². The lowest BCUT2D eigenvalue weighted by atomic mass is 9.67. The van der Waals surface area contributed by atoms with E-state index in [0.717, 1.165) is 48.6 Å². The van der Waals surface area contributed by atoms with Crippen molar-refractivity contribution in [2.24, 2.45) is 5.41 Å². The smallest absolute Gasteiger partial charge is 0.294 e. The minimum atomic E-state index is 0.131. The molecule has 1 N–H and O–H groups in total. The molecule has 1 spiro atoms. The lowest BCUT2D eigenvalue weighted by Gasteiger charge is -2.47. The van der Waals surface area contributed by atoms with Crippen LogP contribution in [0.15, 0.2) is 18.2 Å². The number of imidazole rings is 1. The molecule has 2 aliphatic rings. The average molecular weight is 385 g/mol. The minimum absolute atomic E-state index is 0.131. The Labute approximate surface area is 167 Å². The maximum atomic E-state index is 13.0. The molecule has 0 radical (unpaired) electrons. The molecular weight excluding hydrogens is 352 g/mol. The van der Waals surface area contributed by atoms with E-state index in [9.17, 15) is 4.79 Å². The van der Waals surface area contributed by atoms with Crippen molar-refractivity contribution in [3.05, 3.63) is 23.8 Å². The van der Waals surface area contributed by atoms with Crippen molar-refractivity contribution in [3.63, 3.8) is 0 Å². The van der Waals surface area contributed by atoms with Gasteiger partial charge in [0.2, 0.25) is 0 Å². The highest BCUT2D eigenvalue weighted by atomic mass is 16.5. The monoisotopic (exact) mass is 384 g/mol. The number of piperidine rings is 1. The number of hydrogen-bond acceptors (Lipinski definition) is 4. The highest BCUT2D eigenvalue weighted by Gasteiger charge is 2.39. The number of H-pyrrole nitrogens is 1. The van der Waals surface area contributed by atoms with E-state index in [4.69, 9.17) is 4.74 Å². The Kier molecular flexibility index (Phi) is 5.32. The van der Waals surface area contributed by atoms with Crippen molar-refractivity contribution < 1.29 is 9.53 Å². The fraction of sp³-hybridized carbons (Fsp3) is 0.636. The summed E-state index contributed by atoms with van der Waals surface area (Å²) in [6.07, 6.45) is 7.47. The van der Waals surface area contributed by atoms with Gasteiger partial charge in [0, 0.05) is 24.7 Å². The molecule has 4 rings (SSSR count). The maximum Gasteiger partial charge on any atom is 0.294 e. The van der Waals surface area contributed by atoms with Gasteiger partial charge in [-0.3, -0.25) is 4.79 Å². The first-order valence-corrected chi connectivity index (χ1v) is 10.6. The van der Waals surface area contributed by atoms with Crippen LogP contribution < -0.4 is 4.74 Å². The van der Waals surface area contributed by atoms with Gasteiger partial charge in [0.05, 0.1) is 17.6 Å². The Morgan fingerprint density at radius 2 is 1.96 bits per heavy atom. The molecule has 2 fully saturated rings. The van der Waals surface area contributed by atoms with E-state index in [0.29, 0.717) is 18.0 Å². The second kappa shape index (κ2) is 7.74. The largest absolute Gasteiger partial charge is 0.465 e. The third-order valence-electron chi connectivity index (χ3n) is 6.85. The van der Waals surface area contributed by atoms with Crippen molar-refractivity contribution in [3.8, 4) is 6.01 Å². The van der Waals surface area contributed by atoms with Crippen LogP contribution in [0.3, 0.4) is 0 Å². The average Bonchev–Trinajstić information content (AvgIpc) is 3.10. The van der Waals surface area contributed by atoms with E-state index >= 15 is 0 Å². The van der Waals surface area contributed by atoms with E-state index in [1.54, 1.807) is 0 Å². The standard InChI is InChI=1S/C22H32N4O2/c1-4-28-21-23-18-6-5-16(15-19(18)24-21)20(27)26-13-11-22(12-14-26)9-7-17(8-10-22)25(2)3/h5-6,15,17H,4,7-14H2,1-3H3,(H,23,24). The lowest BCUT2D eigenvalue weighted by molar-refractivity contribution is 0.0356. The minimum Gasteiger partial charge on any atom is -0.465 e. The van der Waals surface area contributed by atoms with Gasteiger partial charge in [0.25, 0.3) is 11.9 Å². The molecule has 0 atom stereocenters. The summed E-state index contributed by atoms with van der Waals surface area (Å²) < 4.78 is 5.43. The normalized spacial score (nSPS) is 20.2. The van der Waals surface area contributed by atoms with Crippen molar-refractivity contribution in [1.82, 2.24) is 19.8 Å². The first-order chi connectivity index (χ1) is 13.5. The van der Waals surface area contributed by atoms with Gasteiger partial charge in [-0.2, -0.15) is 4.98 Å². The molecule has 1 saturated carbocycles. The molecule has 1 saturated heterocycles. The molecule has 1 aliphatic carbocycles. The van der Waals surface area contributed by atoms with Crippen LogP contribution in [0, 0.1) is 5.41 Å². The fourth-order valence-electron chi connectivity index (χ4n) is 4.92. The van der Waals surface area contributed by atoms with E-state index < -0.39 is 0 Å². The van der Waals surface area contributed by atoms with Crippen LogP contribution in [0.1, 0.15) is 55.8 Å². The molecule has 6 nitrogen and oxygen atoms in total. The summed E-state index contributed by atoms with van der Waals surface area (Å²) in [5.74, 6) is 0.131. The SMILES string of the molecule is CCOc1nc2ccc(C(=O)N3CCC4(CCC(N(C)C)CC4)CC3)cc2[nH]1. The molecular formula is C22H32N4O2. The second-order valence-electron chi connectivity index (χ2n) is 8.69. The summed E-state index contributed by atoms with van der Waals surface area (Å²) in [4.78, 5) is 25.0. The van der Waals surface area contributed by atoms with E-state index in [1.165, 1.54) is 25.7 Å². The number of rotatable bonds is 4. The van der Waals surface area contributed by atoms with Crippen LogP contribution >= 0.6 is 0 Å². The molecule has 0 bridgehead atoms. The number of carbonyl (C=O) groups excluding carboxylic acids is 1. The molecule has 2 aromatic rings. The van der Waals surface area contributed by atoms with Crippen molar-refractivity contribution in [1.29, 1.82) is 0 Å². The Bertz CT molecular complexity index is 826. The van der Waals surface area contributed by atoms with Crippen LogP contribution in [-0.4, -0.2) is 65.5 Å². The Morgan fingerprint density at radius 1 is 1.25 bits per heavy atom. The highest BCUT2D eigenvalue weighted by molar-refractivity contribution is 5.97. The van der Waals surface area contributed by atoms with Gasteiger partial charge < -0.3 is 19.5 Å². The fourth-order valence-corrected chi connectivity index (χ4v) is 4.92. The molecule has 6 heteroatoms. The van der Waals surface area contributed by atoms with Gasteiger partial charge in [0.15, 0.2) is 0 Å². The van der Waals surface area contributed by atoms with Crippen LogP contribution in [0.2, 0.25) is 0 Å². The Hall–Kier alpha value is -2.08. The molecule has 1 aromatic heterocycles. The summed E-state index contributed by atoms with van der Waals surface area (Å²) in [6, 6.07) is 6.92. The van der Waals surface area contributed by atoms with Crippen molar-refractivity contribution >= 4 is 16.9 Å². The summed E-state index contributed by atoms with van der Waals surface area (Å²) in [7, 11) is 4.38. The zero-order chi connectivity index (χ0) is 19.7. The molecule has 0 unspecified atom stereocenters. The molecule has 28 heavy (non-hydrogen) atoms. The molecule has 1 aromatic carbocycles. The number of benzene rings is 1. The summed E-state index contributed by atoms with van der Waals surface area (Å²) in [5.41, 5.74) is 2.87. The van der Waals surface area contributed by atoms with E-state index in [2.05, 4.69) is 29.0 Å². The number of aromatic amines is 1. The number of fused-ring (bicyclic) bond motifs is 1. The zero-order valence-corrected chi connectivity index (χ0v) is 17.3.